The minimum atomic E-state index is -3.97. The number of ether oxygens (including phenoxy) is 1. The summed E-state index contributed by atoms with van der Waals surface area (Å²) >= 11 is 11.8. The van der Waals surface area contributed by atoms with Crippen LogP contribution in [0.25, 0.3) is 0 Å². The zero-order chi connectivity index (χ0) is 21.1. The Morgan fingerprint density at radius 1 is 1.14 bits per heavy atom. The van der Waals surface area contributed by atoms with E-state index in [0.29, 0.717) is 15.6 Å². The fraction of sp³-hybridized carbons (Fsp3) is 0.222. The number of hydrogen-bond acceptors (Lipinski definition) is 5. The Bertz CT molecular complexity index is 1020. The molecule has 0 aliphatic carbocycles. The zero-order valence-corrected chi connectivity index (χ0v) is 17.4. The van der Waals surface area contributed by atoms with Gasteiger partial charge in [-0.15, -0.1) is 0 Å². The van der Waals surface area contributed by atoms with Crippen LogP contribution in [0.2, 0.25) is 10.0 Å². The van der Waals surface area contributed by atoms with E-state index in [1.807, 2.05) is 0 Å². The molecule has 3 N–H and O–H groups in total. The first-order valence-electron chi connectivity index (χ1n) is 8.04. The second kappa shape index (κ2) is 8.91. The van der Waals surface area contributed by atoms with E-state index in [0.717, 1.165) is 11.6 Å². The van der Waals surface area contributed by atoms with Crippen LogP contribution in [-0.4, -0.2) is 26.9 Å². The number of amides is 1. The third kappa shape index (κ3) is 5.68. The summed E-state index contributed by atoms with van der Waals surface area (Å²) in [6, 6.07) is 8.40. The average molecular weight is 445 g/mol. The van der Waals surface area contributed by atoms with Crippen molar-refractivity contribution < 1.29 is 22.7 Å². The molecular weight excluding hydrogens is 427 g/mol. The number of aryl methyl sites for hydroxylation is 1. The normalized spacial score (nSPS) is 12.3. The van der Waals surface area contributed by atoms with E-state index in [9.17, 15) is 18.0 Å². The standard InChI is InChI=1S/C18H18Cl2N2O5S/c1-10-3-5-13(28(21,25)26)8-14(10)18(24)27-9-17(23)22-11(2)12-4-6-15(19)16(20)7-12/h3-8,11H,9H2,1-2H3,(H,22,23)(H2,21,25,26). The van der Waals surface area contributed by atoms with Crippen LogP contribution in [0, 0.1) is 6.92 Å². The Labute approximate surface area is 172 Å². The highest BCUT2D eigenvalue weighted by atomic mass is 35.5. The second-order valence-corrected chi connectivity index (χ2v) is 8.44. The van der Waals surface area contributed by atoms with E-state index in [-0.39, 0.29) is 10.5 Å². The second-order valence-electron chi connectivity index (χ2n) is 6.06. The SMILES string of the molecule is Cc1ccc(S(N)(=O)=O)cc1C(=O)OCC(=O)NC(C)c1ccc(Cl)c(Cl)c1. The Morgan fingerprint density at radius 2 is 1.82 bits per heavy atom. The van der Waals surface area contributed by atoms with E-state index in [1.165, 1.54) is 12.1 Å². The minimum Gasteiger partial charge on any atom is -0.452 e. The number of nitrogens with one attached hydrogen (secondary N) is 1. The molecule has 0 bridgehead atoms. The highest BCUT2D eigenvalue weighted by Gasteiger charge is 2.18. The predicted octanol–water partition coefficient (Wildman–Crippen LogP) is 2.98. The Kier molecular flexibility index (Phi) is 7.06. The number of hydrogen-bond donors (Lipinski definition) is 2. The molecule has 1 unspecified atom stereocenters. The zero-order valence-electron chi connectivity index (χ0n) is 15.0. The van der Waals surface area contributed by atoms with Gasteiger partial charge >= 0.3 is 5.97 Å². The van der Waals surface area contributed by atoms with E-state index >= 15 is 0 Å². The molecule has 0 aliphatic rings. The summed E-state index contributed by atoms with van der Waals surface area (Å²) in [6.45, 7) is 2.80. The van der Waals surface area contributed by atoms with Crippen molar-refractivity contribution in [1.29, 1.82) is 0 Å². The molecule has 150 valence electrons. The molecule has 2 rings (SSSR count). The number of halogens is 2. The Hall–Kier alpha value is -2.13. The van der Waals surface area contributed by atoms with Gasteiger partial charge in [0.05, 0.1) is 26.5 Å². The Morgan fingerprint density at radius 3 is 2.43 bits per heavy atom. The van der Waals surface area contributed by atoms with Gasteiger partial charge in [0.15, 0.2) is 6.61 Å². The van der Waals surface area contributed by atoms with Crippen LogP contribution in [0.3, 0.4) is 0 Å². The number of esters is 1. The molecule has 0 saturated carbocycles. The molecule has 10 heteroatoms. The van der Waals surface area contributed by atoms with E-state index in [2.05, 4.69) is 5.32 Å². The van der Waals surface area contributed by atoms with Gasteiger partial charge in [-0.05, 0) is 49.2 Å². The van der Waals surface area contributed by atoms with Crippen LogP contribution in [0.4, 0.5) is 0 Å². The molecule has 28 heavy (non-hydrogen) atoms. The quantitative estimate of drug-likeness (QED) is 0.664. The van der Waals surface area contributed by atoms with Gasteiger partial charge in [-0.2, -0.15) is 0 Å². The molecule has 0 saturated heterocycles. The van der Waals surface area contributed by atoms with E-state index < -0.39 is 34.5 Å². The average Bonchev–Trinajstić information content (AvgIpc) is 2.61. The summed E-state index contributed by atoms with van der Waals surface area (Å²) in [5, 5.41) is 8.49. The van der Waals surface area contributed by atoms with Crippen molar-refractivity contribution in [3.8, 4) is 0 Å². The highest BCUT2D eigenvalue weighted by molar-refractivity contribution is 7.89. The van der Waals surface area contributed by atoms with Crippen molar-refractivity contribution in [2.75, 3.05) is 6.61 Å². The molecule has 0 aromatic heterocycles. The van der Waals surface area contributed by atoms with Crippen LogP contribution in [0.1, 0.15) is 34.5 Å². The molecule has 0 spiro atoms. The number of primary sulfonamides is 1. The maximum atomic E-state index is 12.2. The summed E-state index contributed by atoms with van der Waals surface area (Å²) in [5.74, 6) is -1.37. The third-order valence-electron chi connectivity index (χ3n) is 3.91. The number of sulfonamides is 1. The van der Waals surface area contributed by atoms with Crippen molar-refractivity contribution in [1.82, 2.24) is 5.32 Å². The summed E-state index contributed by atoms with van der Waals surface area (Å²) in [7, 11) is -3.97. The first-order chi connectivity index (χ1) is 13.0. The Balaban J connectivity index is 2.00. The molecule has 0 aliphatic heterocycles. The summed E-state index contributed by atoms with van der Waals surface area (Å²) in [4.78, 5) is 24.1. The molecule has 7 nitrogen and oxygen atoms in total. The van der Waals surface area contributed by atoms with Gasteiger partial charge in [-0.25, -0.2) is 18.4 Å². The predicted molar refractivity (Wildman–Crippen MR) is 106 cm³/mol. The molecule has 1 amide bonds. The van der Waals surface area contributed by atoms with Crippen LogP contribution < -0.4 is 10.5 Å². The fourth-order valence-electron chi connectivity index (χ4n) is 2.36. The molecular formula is C18H18Cl2N2O5S. The van der Waals surface area contributed by atoms with Gasteiger partial charge in [-0.1, -0.05) is 35.3 Å². The van der Waals surface area contributed by atoms with Gasteiger partial charge < -0.3 is 10.1 Å². The van der Waals surface area contributed by atoms with Gasteiger partial charge in [0, 0.05) is 0 Å². The van der Waals surface area contributed by atoms with Crippen LogP contribution in [0.5, 0.6) is 0 Å². The first kappa shape index (κ1) is 22.2. The van der Waals surface area contributed by atoms with E-state index in [1.54, 1.807) is 32.0 Å². The lowest BCUT2D eigenvalue weighted by atomic mass is 10.1. The van der Waals surface area contributed by atoms with Crippen LogP contribution in [-0.2, 0) is 19.6 Å². The van der Waals surface area contributed by atoms with Crippen molar-refractivity contribution in [2.24, 2.45) is 5.14 Å². The van der Waals surface area contributed by atoms with E-state index in [4.69, 9.17) is 33.1 Å². The van der Waals surface area contributed by atoms with Gasteiger partial charge in [-0.3, -0.25) is 4.79 Å². The first-order valence-corrected chi connectivity index (χ1v) is 10.3. The topological polar surface area (TPSA) is 116 Å². The van der Waals surface area contributed by atoms with Crippen molar-refractivity contribution in [3.05, 3.63) is 63.1 Å². The third-order valence-corrected chi connectivity index (χ3v) is 5.56. The van der Waals surface area contributed by atoms with Crippen LogP contribution >= 0.6 is 23.2 Å². The smallest absolute Gasteiger partial charge is 0.338 e. The molecule has 0 radical (unpaired) electrons. The lowest BCUT2D eigenvalue weighted by Gasteiger charge is -2.15. The number of carbonyl (C=O) groups excluding carboxylic acids is 2. The van der Waals surface area contributed by atoms with Crippen LogP contribution in [0.15, 0.2) is 41.3 Å². The number of carbonyl (C=O) groups is 2. The fourth-order valence-corrected chi connectivity index (χ4v) is 3.20. The molecule has 0 heterocycles. The van der Waals surface area contributed by atoms with Gasteiger partial charge in [0.2, 0.25) is 10.0 Å². The maximum absolute atomic E-state index is 12.2. The summed E-state index contributed by atoms with van der Waals surface area (Å²) < 4.78 is 27.8. The number of rotatable bonds is 6. The minimum absolute atomic E-state index is 0.0110. The van der Waals surface area contributed by atoms with Gasteiger partial charge in [0.1, 0.15) is 0 Å². The largest absolute Gasteiger partial charge is 0.452 e. The number of benzene rings is 2. The summed E-state index contributed by atoms with van der Waals surface area (Å²) in [6.07, 6.45) is 0. The monoisotopic (exact) mass is 444 g/mol. The summed E-state index contributed by atoms with van der Waals surface area (Å²) in [5.41, 5.74) is 1.23. The molecule has 1 atom stereocenters. The number of nitrogens with two attached hydrogens (primary N) is 1. The maximum Gasteiger partial charge on any atom is 0.338 e. The lowest BCUT2D eigenvalue weighted by Crippen LogP contribution is -2.31. The van der Waals surface area contributed by atoms with Crippen molar-refractivity contribution in [3.63, 3.8) is 0 Å². The highest BCUT2D eigenvalue weighted by Crippen LogP contribution is 2.25. The van der Waals surface area contributed by atoms with Crippen molar-refractivity contribution >= 4 is 45.1 Å². The van der Waals surface area contributed by atoms with Crippen molar-refractivity contribution in [2.45, 2.75) is 24.8 Å². The molecule has 0 fully saturated rings. The van der Waals surface area contributed by atoms with Gasteiger partial charge in [0.25, 0.3) is 5.91 Å². The lowest BCUT2D eigenvalue weighted by molar-refractivity contribution is -0.124. The molecule has 2 aromatic carbocycles. The molecule has 2 aromatic rings.